The fourth-order valence-corrected chi connectivity index (χ4v) is 5.97. The van der Waals surface area contributed by atoms with Crippen LogP contribution in [0.3, 0.4) is 0 Å². The van der Waals surface area contributed by atoms with Gasteiger partial charge in [0.1, 0.15) is 0 Å². The normalized spacial score (nSPS) is 18.4. The number of hydrogen-bond donors (Lipinski definition) is 1. The van der Waals surface area contributed by atoms with Crippen molar-refractivity contribution in [3.05, 3.63) is 35.4 Å². The summed E-state index contributed by atoms with van der Waals surface area (Å²) in [5.41, 5.74) is 7.94. The molecule has 31 heavy (non-hydrogen) atoms. The monoisotopic (exact) mass is 423 g/mol. The first-order chi connectivity index (χ1) is 14.0. The summed E-state index contributed by atoms with van der Waals surface area (Å²) in [6, 6.07) is 4.98. The summed E-state index contributed by atoms with van der Waals surface area (Å²) in [7, 11) is 0. The molecular formula is C29H50BN. The van der Waals surface area contributed by atoms with Gasteiger partial charge < -0.3 is 5.32 Å². The molecule has 2 heteroatoms. The highest BCUT2D eigenvalue weighted by Crippen LogP contribution is 2.52. The second-order valence-corrected chi connectivity index (χ2v) is 13.6. The fourth-order valence-electron chi connectivity index (χ4n) is 5.97. The first-order valence-corrected chi connectivity index (χ1v) is 12.6. The van der Waals surface area contributed by atoms with E-state index in [4.69, 9.17) is 0 Å². The Morgan fingerprint density at radius 1 is 1.03 bits per heavy atom. The Labute approximate surface area is 195 Å². The largest absolute Gasteiger partial charge is 0.380 e. The average Bonchev–Trinajstić information content (AvgIpc) is 2.78. The van der Waals surface area contributed by atoms with Crippen LogP contribution in [0.15, 0.2) is 18.7 Å². The Kier molecular flexibility index (Phi) is 7.56. The van der Waals surface area contributed by atoms with E-state index in [2.05, 4.69) is 100 Å². The van der Waals surface area contributed by atoms with Gasteiger partial charge in [-0.3, -0.25) is 0 Å². The van der Waals surface area contributed by atoms with Crippen LogP contribution in [-0.2, 0) is 6.42 Å². The summed E-state index contributed by atoms with van der Waals surface area (Å²) < 4.78 is 0. The van der Waals surface area contributed by atoms with E-state index in [1.807, 2.05) is 0 Å². The van der Waals surface area contributed by atoms with Gasteiger partial charge in [-0.05, 0) is 73.0 Å². The summed E-state index contributed by atoms with van der Waals surface area (Å²) in [5, 5.41) is 3.83. The standard InChI is InChI=1S/C29H50BN/c1-13-14-15-24-21(2)16-23(30-19-27(7,8)28(9,10)20-30)17-25(24)22(3)31-29(11,12)18-26(4,5)6/h16-17,31H,3,13-15,18-20H2,1-2,4-12H3. The van der Waals surface area contributed by atoms with Gasteiger partial charge in [0.2, 0.25) is 0 Å². The molecule has 1 fully saturated rings. The second kappa shape index (κ2) is 8.99. The van der Waals surface area contributed by atoms with Gasteiger partial charge in [-0.15, -0.1) is 0 Å². The second-order valence-electron chi connectivity index (χ2n) is 13.6. The van der Waals surface area contributed by atoms with Crippen LogP contribution in [0.2, 0.25) is 12.6 Å². The molecule has 0 radical (unpaired) electrons. The van der Waals surface area contributed by atoms with E-state index >= 15 is 0 Å². The van der Waals surface area contributed by atoms with Gasteiger partial charge in [0, 0.05) is 11.2 Å². The third kappa shape index (κ3) is 6.42. The van der Waals surface area contributed by atoms with Crippen LogP contribution in [0, 0.1) is 23.2 Å². The molecule has 0 atom stereocenters. The lowest BCUT2D eigenvalue weighted by molar-refractivity contribution is 0.177. The van der Waals surface area contributed by atoms with Gasteiger partial charge in [0.05, 0.1) is 0 Å². The van der Waals surface area contributed by atoms with Crippen molar-refractivity contribution in [2.45, 2.75) is 120 Å². The number of benzene rings is 1. The summed E-state index contributed by atoms with van der Waals surface area (Å²) in [5.74, 6) is 0. The summed E-state index contributed by atoms with van der Waals surface area (Å²) in [6.45, 7) is 31.2. The maximum absolute atomic E-state index is 4.56. The van der Waals surface area contributed by atoms with E-state index < -0.39 is 0 Å². The number of aryl methyl sites for hydroxylation is 1. The molecule has 1 N–H and O–H groups in total. The number of rotatable bonds is 8. The molecule has 0 unspecified atom stereocenters. The third-order valence-corrected chi connectivity index (χ3v) is 7.88. The molecule has 0 aromatic heterocycles. The molecule has 174 valence electrons. The Balaban J connectivity index is 2.43. The molecule has 0 spiro atoms. The lowest BCUT2D eigenvalue weighted by Gasteiger charge is -2.35. The molecule has 1 aliphatic rings. The van der Waals surface area contributed by atoms with Gasteiger partial charge in [-0.2, -0.15) is 0 Å². The van der Waals surface area contributed by atoms with E-state index in [9.17, 15) is 0 Å². The predicted octanol–water partition coefficient (Wildman–Crippen LogP) is 7.88. The first kappa shape index (κ1) is 26.1. The molecule has 1 nitrogen and oxygen atoms in total. The SMILES string of the molecule is C=C(NC(C)(C)CC(C)(C)C)c1cc(B2CC(C)(C)C(C)(C)C2)cc(C)c1CCCC. The highest BCUT2D eigenvalue weighted by Gasteiger charge is 2.48. The molecule has 1 aromatic carbocycles. The van der Waals surface area contributed by atoms with Gasteiger partial charge in [-0.1, -0.05) is 98.6 Å². The molecule has 0 saturated carbocycles. The minimum Gasteiger partial charge on any atom is -0.380 e. The van der Waals surface area contributed by atoms with Crippen LogP contribution in [0.25, 0.3) is 5.70 Å². The van der Waals surface area contributed by atoms with Crippen LogP contribution < -0.4 is 10.8 Å². The Morgan fingerprint density at radius 2 is 1.58 bits per heavy atom. The van der Waals surface area contributed by atoms with E-state index in [0.29, 0.717) is 17.5 Å². The summed E-state index contributed by atoms with van der Waals surface area (Å²) in [4.78, 5) is 0. The van der Waals surface area contributed by atoms with Crippen molar-refractivity contribution in [1.82, 2.24) is 5.32 Å². The van der Waals surface area contributed by atoms with Crippen molar-refractivity contribution in [3.63, 3.8) is 0 Å². The lowest BCUT2D eigenvalue weighted by Crippen LogP contribution is -2.41. The number of nitrogens with one attached hydrogen (secondary N) is 1. The topological polar surface area (TPSA) is 12.0 Å². The van der Waals surface area contributed by atoms with E-state index in [-0.39, 0.29) is 11.0 Å². The minimum absolute atomic E-state index is 0.0125. The number of hydrogen-bond acceptors (Lipinski definition) is 1. The predicted molar refractivity (Wildman–Crippen MR) is 143 cm³/mol. The van der Waals surface area contributed by atoms with E-state index in [1.165, 1.54) is 47.6 Å². The zero-order chi connectivity index (χ0) is 23.8. The van der Waals surface area contributed by atoms with Crippen molar-refractivity contribution in [2.24, 2.45) is 16.2 Å². The van der Waals surface area contributed by atoms with Crippen molar-refractivity contribution in [3.8, 4) is 0 Å². The third-order valence-electron chi connectivity index (χ3n) is 7.88. The van der Waals surface area contributed by atoms with Crippen molar-refractivity contribution in [1.29, 1.82) is 0 Å². The van der Waals surface area contributed by atoms with Crippen LogP contribution in [0.4, 0.5) is 0 Å². The maximum atomic E-state index is 4.56. The molecule has 0 bridgehead atoms. The molecule has 1 aliphatic heterocycles. The van der Waals surface area contributed by atoms with Gasteiger partial charge in [0.25, 0.3) is 0 Å². The molecule has 0 aliphatic carbocycles. The quantitative estimate of drug-likeness (QED) is 0.419. The fraction of sp³-hybridized carbons (Fsp3) is 0.724. The van der Waals surface area contributed by atoms with E-state index in [0.717, 1.165) is 18.5 Å². The van der Waals surface area contributed by atoms with Gasteiger partial charge in [0.15, 0.2) is 6.71 Å². The smallest absolute Gasteiger partial charge is 0.177 e. The zero-order valence-corrected chi connectivity index (χ0v) is 22.7. The van der Waals surface area contributed by atoms with Crippen LogP contribution in [-0.4, -0.2) is 12.3 Å². The molecule has 1 saturated heterocycles. The first-order valence-electron chi connectivity index (χ1n) is 12.6. The highest BCUT2D eigenvalue weighted by atomic mass is 15.0. The van der Waals surface area contributed by atoms with E-state index in [1.54, 1.807) is 0 Å². The molecule has 2 rings (SSSR count). The molecule has 1 heterocycles. The lowest BCUT2D eigenvalue weighted by atomic mass is 9.42. The van der Waals surface area contributed by atoms with Gasteiger partial charge in [-0.25, -0.2) is 0 Å². The summed E-state index contributed by atoms with van der Waals surface area (Å²) >= 11 is 0. The molecule has 0 amide bonds. The molecule has 1 aromatic rings. The summed E-state index contributed by atoms with van der Waals surface area (Å²) in [6.07, 6.45) is 7.23. The van der Waals surface area contributed by atoms with Crippen LogP contribution in [0.1, 0.15) is 105 Å². The average molecular weight is 424 g/mol. The Hall–Kier alpha value is -1.18. The minimum atomic E-state index is 0.0125. The highest BCUT2D eigenvalue weighted by molar-refractivity contribution is 6.74. The van der Waals surface area contributed by atoms with Crippen molar-refractivity contribution in [2.75, 3.05) is 0 Å². The van der Waals surface area contributed by atoms with Crippen molar-refractivity contribution < 1.29 is 0 Å². The zero-order valence-electron chi connectivity index (χ0n) is 22.7. The molecular weight excluding hydrogens is 373 g/mol. The van der Waals surface area contributed by atoms with Crippen LogP contribution >= 0.6 is 0 Å². The van der Waals surface area contributed by atoms with Gasteiger partial charge >= 0.3 is 0 Å². The van der Waals surface area contributed by atoms with Crippen LogP contribution in [0.5, 0.6) is 0 Å². The number of unbranched alkanes of at least 4 members (excludes halogenated alkanes) is 1. The Bertz CT molecular complexity index is 776. The van der Waals surface area contributed by atoms with Crippen molar-refractivity contribution >= 4 is 17.9 Å². The Morgan fingerprint density at radius 3 is 2.06 bits per heavy atom. The maximum Gasteiger partial charge on any atom is 0.177 e.